The molecular weight excluding hydrogens is 540 g/mol. The van der Waals surface area contributed by atoms with Gasteiger partial charge in [0.2, 0.25) is 0 Å². The van der Waals surface area contributed by atoms with Crippen LogP contribution < -0.4 is 0 Å². The van der Waals surface area contributed by atoms with E-state index < -0.39 is 23.4 Å². The van der Waals surface area contributed by atoms with Crippen molar-refractivity contribution in [2.75, 3.05) is 0 Å². The second kappa shape index (κ2) is 8.43. The molecule has 6 heteroatoms. The third-order valence-electron chi connectivity index (χ3n) is 8.13. The van der Waals surface area contributed by atoms with Crippen LogP contribution in [0.2, 0.25) is 0 Å². The molecule has 38 heavy (non-hydrogen) atoms. The fraction of sp³-hybridized carbons (Fsp3) is 0.125. The molecule has 0 aromatic heterocycles. The summed E-state index contributed by atoms with van der Waals surface area (Å²) in [6.45, 7) is 0. The first-order chi connectivity index (χ1) is 18.5. The quantitative estimate of drug-likeness (QED) is 0.219. The highest BCUT2D eigenvalue weighted by molar-refractivity contribution is 9.10. The van der Waals surface area contributed by atoms with Crippen molar-refractivity contribution in [2.45, 2.75) is 18.0 Å². The molecule has 1 spiro atoms. The number of hydrazone groups is 1. The van der Waals surface area contributed by atoms with Crippen LogP contribution in [0.3, 0.4) is 0 Å². The largest absolute Gasteiger partial charge is 0.293 e. The number of Topliss-reactive ketones (excluding diaryl/α,β-unsaturated/α-hetero) is 3. The van der Waals surface area contributed by atoms with E-state index in [0.717, 1.165) is 21.2 Å². The first-order valence-electron chi connectivity index (χ1n) is 12.5. The van der Waals surface area contributed by atoms with Gasteiger partial charge in [0.25, 0.3) is 0 Å². The summed E-state index contributed by atoms with van der Waals surface area (Å²) in [5, 5.41) is 6.51. The van der Waals surface area contributed by atoms with Crippen molar-refractivity contribution in [3.63, 3.8) is 0 Å². The molecule has 0 bridgehead atoms. The first-order valence-corrected chi connectivity index (χ1v) is 13.3. The van der Waals surface area contributed by atoms with Gasteiger partial charge in [-0.05, 0) is 28.8 Å². The Morgan fingerprint density at radius 1 is 0.763 bits per heavy atom. The van der Waals surface area contributed by atoms with Crippen LogP contribution in [0.1, 0.15) is 59.7 Å². The zero-order chi connectivity index (χ0) is 26.0. The average Bonchev–Trinajstić information content (AvgIpc) is 3.40. The molecule has 1 fully saturated rings. The van der Waals surface area contributed by atoms with Crippen molar-refractivity contribution in [3.8, 4) is 0 Å². The van der Waals surface area contributed by atoms with Crippen LogP contribution in [0.4, 0.5) is 0 Å². The van der Waals surface area contributed by atoms with E-state index in [1.54, 1.807) is 47.6 Å². The van der Waals surface area contributed by atoms with Crippen molar-refractivity contribution in [1.29, 1.82) is 0 Å². The molecule has 184 valence electrons. The molecular formula is C32H21BrN2O3. The van der Waals surface area contributed by atoms with Crippen LogP contribution in [-0.2, 0) is 0 Å². The lowest BCUT2D eigenvalue weighted by atomic mass is 9.63. The van der Waals surface area contributed by atoms with Crippen LogP contribution in [-0.4, -0.2) is 34.6 Å². The Kier molecular flexibility index (Phi) is 5.10. The number of carbonyl (C=O) groups excluding carboxylic acids is 3. The van der Waals surface area contributed by atoms with Crippen molar-refractivity contribution in [2.24, 2.45) is 10.5 Å². The van der Waals surface area contributed by atoms with Gasteiger partial charge in [-0.2, -0.15) is 5.10 Å². The fourth-order valence-corrected chi connectivity index (χ4v) is 6.86. The Labute approximate surface area is 227 Å². The highest BCUT2D eigenvalue weighted by Crippen LogP contribution is 2.64. The van der Waals surface area contributed by atoms with Crippen LogP contribution >= 0.6 is 15.9 Å². The number of hydrogen-bond acceptors (Lipinski definition) is 5. The van der Waals surface area contributed by atoms with Crippen molar-refractivity contribution < 1.29 is 14.4 Å². The molecule has 1 saturated heterocycles. The maximum Gasteiger partial charge on any atom is 0.187 e. The summed E-state index contributed by atoms with van der Waals surface area (Å²) in [6, 6.07) is 29.7. The molecule has 0 amide bonds. The van der Waals surface area contributed by atoms with Gasteiger partial charge in [0.15, 0.2) is 17.3 Å². The minimum absolute atomic E-state index is 0.173. The van der Waals surface area contributed by atoms with Gasteiger partial charge in [-0.15, -0.1) is 0 Å². The van der Waals surface area contributed by atoms with Crippen LogP contribution in [0.5, 0.6) is 0 Å². The Balaban J connectivity index is 1.56. The van der Waals surface area contributed by atoms with E-state index >= 15 is 0 Å². The summed E-state index contributed by atoms with van der Waals surface area (Å²) in [7, 11) is 0. The molecule has 7 rings (SSSR count). The van der Waals surface area contributed by atoms with Crippen molar-refractivity contribution in [3.05, 3.63) is 141 Å². The minimum atomic E-state index is -1.56. The first kappa shape index (κ1) is 23.0. The second-order valence-corrected chi connectivity index (χ2v) is 10.8. The van der Waals surface area contributed by atoms with Crippen LogP contribution in [0.15, 0.2) is 113 Å². The number of carbonyl (C=O) groups is 3. The van der Waals surface area contributed by atoms with Gasteiger partial charge in [-0.25, -0.2) is 0 Å². The highest BCUT2D eigenvalue weighted by Gasteiger charge is 2.72. The van der Waals surface area contributed by atoms with E-state index in [1.165, 1.54) is 0 Å². The second-order valence-electron chi connectivity index (χ2n) is 9.93. The summed E-state index contributed by atoms with van der Waals surface area (Å²) in [6.07, 6.45) is 1.73. The number of halogens is 1. The van der Waals surface area contributed by atoms with Gasteiger partial charge >= 0.3 is 0 Å². The van der Waals surface area contributed by atoms with Gasteiger partial charge in [0.1, 0.15) is 11.5 Å². The molecule has 3 atom stereocenters. The molecule has 3 unspecified atom stereocenters. The van der Waals surface area contributed by atoms with E-state index in [4.69, 9.17) is 5.10 Å². The number of benzene rings is 4. The molecule has 5 nitrogen and oxygen atoms in total. The number of fused-ring (bicyclic) bond motifs is 5. The van der Waals surface area contributed by atoms with Gasteiger partial charge < -0.3 is 0 Å². The van der Waals surface area contributed by atoms with E-state index in [2.05, 4.69) is 15.9 Å². The van der Waals surface area contributed by atoms with Crippen LogP contribution in [0.25, 0.3) is 0 Å². The Hall–Kier alpha value is -4.16. The van der Waals surface area contributed by atoms with Gasteiger partial charge in [-0.3, -0.25) is 19.4 Å². The van der Waals surface area contributed by atoms with Gasteiger partial charge in [-0.1, -0.05) is 107 Å². The van der Waals surface area contributed by atoms with E-state index in [0.29, 0.717) is 16.7 Å². The Morgan fingerprint density at radius 2 is 1.37 bits per heavy atom. The van der Waals surface area contributed by atoms with Crippen LogP contribution in [0, 0.1) is 5.41 Å². The Bertz CT molecular complexity index is 1630. The molecule has 0 N–H and O–H groups in total. The average molecular weight is 561 g/mol. The standard InChI is InChI=1S/C32H21BrN2O3/c33-22-16-14-19(15-17-22)26-27(28(36)20-8-2-1-3-9-20)35-29(23-11-5-4-10-21(23)18-34-35)32(26)30(37)24-12-6-7-13-25(24)31(32)38/h1-18,26-27,29H. The summed E-state index contributed by atoms with van der Waals surface area (Å²) >= 11 is 3.50. The van der Waals surface area contributed by atoms with E-state index in [-0.39, 0.29) is 17.3 Å². The monoisotopic (exact) mass is 560 g/mol. The normalized spacial score (nSPS) is 22.3. The third kappa shape index (κ3) is 2.98. The number of rotatable bonds is 3. The predicted molar refractivity (Wildman–Crippen MR) is 148 cm³/mol. The minimum Gasteiger partial charge on any atom is -0.293 e. The highest BCUT2D eigenvalue weighted by atomic mass is 79.9. The summed E-state index contributed by atoms with van der Waals surface area (Å²) in [4.78, 5) is 43.6. The third-order valence-corrected chi connectivity index (χ3v) is 8.66. The molecule has 0 radical (unpaired) electrons. The maximum absolute atomic E-state index is 14.6. The van der Waals surface area contributed by atoms with Crippen molar-refractivity contribution in [1.82, 2.24) is 5.01 Å². The molecule has 2 aliphatic heterocycles. The molecule has 1 aliphatic carbocycles. The lowest BCUT2D eigenvalue weighted by Crippen LogP contribution is -2.43. The molecule has 3 aliphatic rings. The summed E-state index contributed by atoms with van der Waals surface area (Å²) in [5.41, 5.74) is 2.17. The number of hydrogen-bond donors (Lipinski definition) is 0. The zero-order valence-corrected chi connectivity index (χ0v) is 21.7. The zero-order valence-electron chi connectivity index (χ0n) is 20.1. The molecule has 2 heterocycles. The van der Waals surface area contributed by atoms with E-state index in [1.807, 2.05) is 66.7 Å². The summed E-state index contributed by atoms with van der Waals surface area (Å²) < 4.78 is 0.868. The number of ketones is 3. The fourth-order valence-electron chi connectivity index (χ4n) is 6.59. The molecule has 4 aromatic carbocycles. The number of nitrogens with zero attached hydrogens (tertiary/aromatic N) is 2. The van der Waals surface area contributed by atoms with Crippen molar-refractivity contribution >= 4 is 39.5 Å². The lowest BCUT2D eigenvalue weighted by Gasteiger charge is -2.36. The van der Waals surface area contributed by atoms with E-state index in [9.17, 15) is 14.4 Å². The smallest absolute Gasteiger partial charge is 0.187 e. The topological polar surface area (TPSA) is 66.8 Å². The summed E-state index contributed by atoms with van der Waals surface area (Å²) in [5.74, 6) is -1.44. The van der Waals surface area contributed by atoms with Gasteiger partial charge in [0, 0.05) is 27.1 Å². The SMILES string of the molecule is O=C(c1ccccc1)C1C(c2ccc(Br)cc2)C2(C(=O)c3ccccc3C2=O)C2c3ccccc3C=NN12. The predicted octanol–water partition coefficient (Wildman–Crippen LogP) is 6.25. The Morgan fingerprint density at radius 3 is 2.05 bits per heavy atom. The lowest BCUT2D eigenvalue weighted by molar-refractivity contribution is 0.0586. The maximum atomic E-state index is 14.6. The molecule has 4 aromatic rings. The van der Waals surface area contributed by atoms with Gasteiger partial charge in [0.05, 0.1) is 12.3 Å². The molecule has 0 saturated carbocycles.